The molecule has 12 heteroatoms. The van der Waals surface area contributed by atoms with Crippen LogP contribution < -0.4 is 10.6 Å². The van der Waals surface area contributed by atoms with E-state index in [0.29, 0.717) is 18.6 Å². The van der Waals surface area contributed by atoms with Crippen molar-refractivity contribution in [2.75, 3.05) is 0 Å². The van der Waals surface area contributed by atoms with Crippen molar-refractivity contribution in [3.63, 3.8) is 0 Å². The Bertz CT molecular complexity index is 976. The average molecular weight is 477 g/mol. The Kier molecular flexibility index (Phi) is 7.93. The van der Waals surface area contributed by atoms with E-state index in [1.54, 1.807) is 13.8 Å². The number of amides is 2. The highest BCUT2D eigenvalue weighted by Gasteiger charge is 2.38. The van der Waals surface area contributed by atoms with E-state index in [4.69, 9.17) is 0 Å². The first-order valence-corrected chi connectivity index (χ1v) is 9.74. The van der Waals surface area contributed by atoms with Gasteiger partial charge in [0.05, 0.1) is 22.9 Å². The third kappa shape index (κ3) is 6.59. The number of benzene rings is 1. The van der Waals surface area contributed by atoms with E-state index >= 15 is 0 Å². The highest BCUT2D eigenvalue weighted by Crippen LogP contribution is 2.36. The Balaban J connectivity index is 2.49. The van der Waals surface area contributed by atoms with Crippen LogP contribution in [0.4, 0.5) is 31.1 Å². The van der Waals surface area contributed by atoms with Crippen LogP contribution in [0.5, 0.6) is 0 Å². The summed E-state index contributed by atoms with van der Waals surface area (Å²) in [4.78, 5) is 27.7. The van der Waals surface area contributed by atoms with Crippen LogP contribution >= 0.6 is 0 Å². The number of pyridine rings is 1. The zero-order chi connectivity index (χ0) is 25.0. The van der Waals surface area contributed by atoms with Crippen molar-refractivity contribution < 1.29 is 41.0 Å². The van der Waals surface area contributed by atoms with Crippen molar-refractivity contribution in [3.8, 4) is 0 Å². The molecule has 2 unspecified atom stereocenters. The topological polar surface area (TPSA) is 91.3 Å². The van der Waals surface area contributed by atoms with E-state index in [2.05, 4.69) is 15.6 Å². The van der Waals surface area contributed by atoms with Gasteiger partial charge in [0.15, 0.2) is 0 Å². The molecule has 0 aliphatic rings. The Morgan fingerprint density at radius 1 is 1.00 bits per heavy atom. The monoisotopic (exact) mass is 477 g/mol. The fraction of sp³-hybridized carbons (Fsp3) is 0.381. The van der Waals surface area contributed by atoms with Crippen LogP contribution in [0.2, 0.25) is 0 Å². The molecule has 2 amide bonds. The van der Waals surface area contributed by atoms with Crippen molar-refractivity contribution in [1.82, 2.24) is 15.6 Å². The fourth-order valence-electron chi connectivity index (χ4n) is 3.06. The van der Waals surface area contributed by atoms with Gasteiger partial charge in [0.2, 0.25) is 0 Å². The summed E-state index contributed by atoms with van der Waals surface area (Å²) in [5.74, 6) is -1.85. The van der Waals surface area contributed by atoms with Crippen LogP contribution in [-0.2, 0) is 17.1 Å². The first-order chi connectivity index (χ1) is 15.3. The van der Waals surface area contributed by atoms with E-state index in [1.807, 2.05) is 0 Å². The second-order valence-electron chi connectivity index (χ2n) is 7.31. The number of aromatic nitrogens is 1. The molecule has 2 aromatic rings. The molecule has 0 aliphatic carbocycles. The predicted octanol–water partition coefficient (Wildman–Crippen LogP) is 5.01. The lowest BCUT2D eigenvalue weighted by Gasteiger charge is -2.25. The van der Waals surface area contributed by atoms with Crippen LogP contribution in [0.3, 0.4) is 0 Å². The Hall–Kier alpha value is -3.31. The van der Waals surface area contributed by atoms with Gasteiger partial charge in [-0.15, -0.1) is 0 Å². The summed E-state index contributed by atoms with van der Waals surface area (Å²) in [5.41, 5.74) is -3.01. The largest absolute Gasteiger partial charge is 0.480 e. The molecule has 180 valence electrons. The van der Waals surface area contributed by atoms with Gasteiger partial charge in [-0.05, 0) is 35.7 Å². The molecule has 0 saturated carbocycles. The number of carboxylic acid groups (broad SMARTS) is 1. The number of carboxylic acids is 1. The minimum atomic E-state index is -4.87. The maximum absolute atomic E-state index is 13.6. The molecule has 2 rings (SSSR count). The van der Waals surface area contributed by atoms with Gasteiger partial charge in [-0.2, -0.15) is 26.3 Å². The van der Waals surface area contributed by atoms with Crippen molar-refractivity contribution in [2.24, 2.45) is 5.92 Å². The molecular formula is C21H21F6N3O3. The van der Waals surface area contributed by atoms with E-state index in [-0.39, 0.29) is 5.56 Å². The minimum absolute atomic E-state index is 0.113. The summed E-state index contributed by atoms with van der Waals surface area (Å²) < 4.78 is 79.4. The van der Waals surface area contributed by atoms with Gasteiger partial charge in [0.25, 0.3) is 0 Å². The molecular weight excluding hydrogens is 456 g/mol. The summed E-state index contributed by atoms with van der Waals surface area (Å²) >= 11 is 0. The highest BCUT2D eigenvalue weighted by atomic mass is 19.4. The number of hydrogen-bond acceptors (Lipinski definition) is 3. The number of aliphatic carboxylic acids is 1. The Morgan fingerprint density at radius 2 is 1.61 bits per heavy atom. The van der Waals surface area contributed by atoms with E-state index in [0.717, 1.165) is 30.5 Å². The molecule has 0 radical (unpaired) electrons. The van der Waals surface area contributed by atoms with Gasteiger partial charge in [0.1, 0.15) is 6.04 Å². The summed E-state index contributed by atoms with van der Waals surface area (Å²) in [7, 11) is 0. The minimum Gasteiger partial charge on any atom is -0.480 e. The quantitative estimate of drug-likeness (QED) is 0.489. The SMILES string of the molecule is CCC(C)C(NC(=O)N[C@@H](c1ccc(C(F)(F)F)cc1)c1ncccc1C(F)(F)F)C(=O)O. The second kappa shape index (κ2) is 10.1. The van der Waals surface area contributed by atoms with Gasteiger partial charge >= 0.3 is 24.4 Å². The number of hydrogen-bond donors (Lipinski definition) is 3. The molecule has 0 saturated heterocycles. The third-order valence-corrected chi connectivity index (χ3v) is 5.03. The fourth-order valence-corrected chi connectivity index (χ4v) is 3.06. The second-order valence-corrected chi connectivity index (χ2v) is 7.31. The van der Waals surface area contributed by atoms with Crippen LogP contribution in [0.25, 0.3) is 0 Å². The maximum Gasteiger partial charge on any atom is 0.418 e. The number of carbonyl (C=O) groups is 2. The number of alkyl halides is 6. The molecule has 0 spiro atoms. The maximum atomic E-state index is 13.6. The Morgan fingerprint density at radius 3 is 2.09 bits per heavy atom. The van der Waals surface area contributed by atoms with Crippen molar-refractivity contribution >= 4 is 12.0 Å². The molecule has 0 aliphatic heterocycles. The van der Waals surface area contributed by atoms with Crippen molar-refractivity contribution in [1.29, 1.82) is 0 Å². The summed E-state index contributed by atoms with van der Waals surface area (Å²) in [6.07, 6.45) is -8.11. The van der Waals surface area contributed by atoms with Gasteiger partial charge in [-0.3, -0.25) is 4.98 Å². The number of nitrogens with zero attached hydrogens (tertiary/aromatic N) is 1. The number of nitrogens with one attached hydrogen (secondary N) is 2. The lowest BCUT2D eigenvalue weighted by atomic mass is 9.97. The average Bonchev–Trinajstić information content (AvgIpc) is 2.74. The lowest BCUT2D eigenvalue weighted by Crippen LogP contribution is -2.50. The number of urea groups is 1. The van der Waals surface area contributed by atoms with Crippen LogP contribution in [0.1, 0.15) is 48.7 Å². The van der Waals surface area contributed by atoms with E-state index in [9.17, 15) is 41.0 Å². The number of halogens is 6. The van der Waals surface area contributed by atoms with Gasteiger partial charge < -0.3 is 15.7 Å². The Labute approximate surface area is 185 Å². The van der Waals surface area contributed by atoms with E-state index in [1.165, 1.54) is 0 Å². The smallest absolute Gasteiger partial charge is 0.418 e. The molecule has 33 heavy (non-hydrogen) atoms. The molecule has 1 aromatic heterocycles. The van der Waals surface area contributed by atoms with Gasteiger partial charge in [-0.1, -0.05) is 32.4 Å². The predicted molar refractivity (Wildman–Crippen MR) is 105 cm³/mol. The highest BCUT2D eigenvalue weighted by molar-refractivity contribution is 5.83. The summed E-state index contributed by atoms with van der Waals surface area (Å²) in [6.45, 7) is 3.25. The summed E-state index contributed by atoms with van der Waals surface area (Å²) in [6, 6.07) is 0.849. The molecule has 3 N–H and O–H groups in total. The molecule has 3 atom stereocenters. The molecule has 0 bridgehead atoms. The van der Waals surface area contributed by atoms with Gasteiger partial charge in [0, 0.05) is 6.20 Å². The van der Waals surface area contributed by atoms with Crippen LogP contribution in [0.15, 0.2) is 42.6 Å². The third-order valence-electron chi connectivity index (χ3n) is 5.03. The lowest BCUT2D eigenvalue weighted by molar-refractivity contribution is -0.140. The van der Waals surface area contributed by atoms with Crippen LogP contribution in [-0.4, -0.2) is 28.1 Å². The van der Waals surface area contributed by atoms with Gasteiger partial charge in [-0.25, -0.2) is 9.59 Å². The van der Waals surface area contributed by atoms with E-state index < -0.39 is 59.2 Å². The normalized spacial score (nSPS) is 14.8. The van der Waals surface area contributed by atoms with Crippen LogP contribution in [0, 0.1) is 5.92 Å². The number of rotatable bonds is 7. The van der Waals surface area contributed by atoms with Crippen molar-refractivity contribution in [2.45, 2.75) is 44.7 Å². The standard InChI is InChI=1S/C21H21F6N3O3/c1-3-11(2)15(18(31)32)29-19(33)30-16(12-6-8-13(9-7-12)20(22,23)24)17-14(21(25,26)27)5-4-10-28-17/h4-11,15-16H,3H2,1-2H3,(H,31,32)(H2,29,30,33)/t11?,15?,16-/m0/s1. The van der Waals surface area contributed by atoms with Crippen molar-refractivity contribution in [3.05, 3.63) is 65.0 Å². The zero-order valence-corrected chi connectivity index (χ0v) is 17.5. The first kappa shape index (κ1) is 25.9. The molecule has 1 heterocycles. The number of carbonyl (C=O) groups excluding carboxylic acids is 1. The molecule has 6 nitrogen and oxygen atoms in total. The zero-order valence-electron chi connectivity index (χ0n) is 17.5. The first-order valence-electron chi connectivity index (χ1n) is 9.74. The summed E-state index contributed by atoms with van der Waals surface area (Å²) in [5, 5.41) is 13.8. The molecule has 1 aromatic carbocycles. The molecule has 0 fully saturated rings.